The summed E-state index contributed by atoms with van der Waals surface area (Å²) in [5.74, 6) is -1.07. The van der Waals surface area contributed by atoms with E-state index in [4.69, 9.17) is 5.73 Å². The number of hydrogen-bond donors (Lipinski definition) is 1. The molecule has 9 heteroatoms. The summed E-state index contributed by atoms with van der Waals surface area (Å²) >= 11 is 3.18. The van der Waals surface area contributed by atoms with Gasteiger partial charge in [0.1, 0.15) is 11.5 Å². The van der Waals surface area contributed by atoms with Crippen molar-refractivity contribution in [1.82, 2.24) is 4.90 Å². The molecular formula is C12H14BrFN4O3. The number of nitro benzene ring substituents is 1. The Kier molecular flexibility index (Phi) is 4.73. The van der Waals surface area contributed by atoms with Crippen molar-refractivity contribution in [2.24, 2.45) is 5.73 Å². The van der Waals surface area contributed by atoms with Gasteiger partial charge in [-0.25, -0.2) is 4.39 Å². The van der Waals surface area contributed by atoms with Crippen molar-refractivity contribution >= 4 is 33.2 Å². The monoisotopic (exact) mass is 360 g/mol. The third kappa shape index (κ3) is 3.67. The molecule has 0 atom stereocenters. The molecule has 114 valence electrons. The van der Waals surface area contributed by atoms with E-state index in [0.717, 1.165) is 6.07 Å². The molecule has 1 saturated heterocycles. The Morgan fingerprint density at radius 1 is 1.38 bits per heavy atom. The fraction of sp³-hybridized carbons (Fsp3) is 0.417. The summed E-state index contributed by atoms with van der Waals surface area (Å²) in [5, 5.41) is 11.1. The second-order valence-corrected chi connectivity index (χ2v) is 5.60. The zero-order valence-electron chi connectivity index (χ0n) is 11.1. The van der Waals surface area contributed by atoms with Crippen molar-refractivity contribution in [3.05, 3.63) is 32.5 Å². The lowest BCUT2D eigenvalue weighted by molar-refractivity contribution is -0.384. The quantitative estimate of drug-likeness (QED) is 0.641. The number of carbonyl (C=O) groups is 1. The Bertz CT molecular complexity index is 576. The molecule has 0 bridgehead atoms. The maximum absolute atomic E-state index is 13.3. The number of carbonyl (C=O) groups excluding carboxylic acids is 1. The van der Waals surface area contributed by atoms with Crippen molar-refractivity contribution in [2.45, 2.75) is 0 Å². The van der Waals surface area contributed by atoms with Crippen LogP contribution in [0.3, 0.4) is 0 Å². The van der Waals surface area contributed by atoms with Crippen LogP contribution in [0.15, 0.2) is 16.6 Å². The minimum absolute atomic E-state index is 0.167. The number of nitro groups is 1. The number of hydrogen-bond acceptors (Lipinski definition) is 5. The summed E-state index contributed by atoms with van der Waals surface area (Å²) in [4.78, 5) is 25.1. The van der Waals surface area contributed by atoms with Gasteiger partial charge in [-0.3, -0.25) is 19.8 Å². The van der Waals surface area contributed by atoms with E-state index in [2.05, 4.69) is 15.9 Å². The predicted molar refractivity (Wildman–Crippen MR) is 78.6 cm³/mol. The molecule has 0 saturated carbocycles. The second kappa shape index (κ2) is 6.35. The number of primary amides is 1. The van der Waals surface area contributed by atoms with E-state index in [-0.39, 0.29) is 12.2 Å². The fourth-order valence-electron chi connectivity index (χ4n) is 2.35. The minimum Gasteiger partial charge on any atom is -0.369 e. The van der Waals surface area contributed by atoms with Crippen molar-refractivity contribution in [1.29, 1.82) is 0 Å². The lowest BCUT2D eigenvalue weighted by Crippen LogP contribution is -2.49. The molecule has 1 fully saturated rings. The van der Waals surface area contributed by atoms with Crippen LogP contribution in [0.4, 0.5) is 15.8 Å². The van der Waals surface area contributed by atoms with Crippen LogP contribution in [0.5, 0.6) is 0 Å². The van der Waals surface area contributed by atoms with E-state index < -0.39 is 16.6 Å². The molecule has 1 aromatic rings. The zero-order valence-corrected chi connectivity index (χ0v) is 12.7. The second-order valence-electron chi connectivity index (χ2n) is 4.74. The molecule has 1 aliphatic rings. The Morgan fingerprint density at radius 3 is 2.52 bits per heavy atom. The van der Waals surface area contributed by atoms with Crippen molar-refractivity contribution in [3.63, 3.8) is 0 Å². The Balaban J connectivity index is 2.20. The largest absolute Gasteiger partial charge is 0.369 e. The Hall–Kier alpha value is -1.74. The predicted octanol–water partition coefficient (Wildman–Crippen LogP) is 1.10. The first-order chi connectivity index (χ1) is 9.88. The molecule has 0 unspecified atom stereocenters. The molecule has 0 aromatic heterocycles. The lowest BCUT2D eigenvalue weighted by atomic mass is 10.2. The van der Waals surface area contributed by atoms with Gasteiger partial charge >= 0.3 is 0 Å². The Morgan fingerprint density at radius 2 is 2.00 bits per heavy atom. The number of nitrogens with two attached hydrogens (primary N) is 1. The van der Waals surface area contributed by atoms with Crippen LogP contribution in [0.1, 0.15) is 0 Å². The number of halogens is 2. The van der Waals surface area contributed by atoms with Crippen LogP contribution >= 0.6 is 15.9 Å². The van der Waals surface area contributed by atoms with Gasteiger partial charge in [0.2, 0.25) is 5.91 Å². The highest BCUT2D eigenvalue weighted by atomic mass is 79.9. The van der Waals surface area contributed by atoms with Gasteiger partial charge in [-0.1, -0.05) is 0 Å². The van der Waals surface area contributed by atoms with Gasteiger partial charge in [-0.15, -0.1) is 0 Å². The first-order valence-electron chi connectivity index (χ1n) is 6.27. The fourth-order valence-corrected chi connectivity index (χ4v) is 3.03. The molecule has 1 amide bonds. The zero-order chi connectivity index (χ0) is 15.6. The maximum Gasteiger partial charge on any atom is 0.296 e. The molecule has 1 aromatic carbocycles. The van der Waals surface area contributed by atoms with Crippen molar-refractivity contribution in [2.75, 3.05) is 37.6 Å². The molecule has 0 radical (unpaired) electrons. The van der Waals surface area contributed by atoms with E-state index in [1.54, 1.807) is 4.90 Å². The molecule has 2 N–H and O–H groups in total. The van der Waals surface area contributed by atoms with Crippen LogP contribution < -0.4 is 10.6 Å². The molecule has 21 heavy (non-hydrogen) atoms. The van der Waals surface area contributed by atoms with E-state index in [0.29, 0.717) is 36.3 Å². The minimum atomic E-state index is -0.662. The standard InChI is InChI=1S/C12H14BrFN4O3/c13-9-5-8(14)6-10(18(20)21)12(9)17-3-1-16(2-4-17)7-11(15)19/h5-6H,1-4,7H2,(H2,15,19). The van der Waals surface area contributed by atoms with Crippen LogP contribution in [-0.4, -0.2) is 48.5 Å². The SMILES string of the molecule is NC(=O)CN1CCN(c2c(Br)cc(F)cc2[N+](=O)[O-])CC1. The Labute approximate surface area is 128 Å². The molecular weight excluding hydrogens is 347 g/mol. The number of piperazine rings is 1. The summed E-state index contributed by atoms with van der Waals surface area (Å²) in [6.45, 7) is 2.28. The number of rotatable bonds is 4. The van der Waals surface area contributed by atoms with Gasteiger partial charge in [0, 0.05) is 26.2 Å². The highest BCUT2D eigenvalue weighted by Crippen LogP contribution is 2.37. The smallest absolute Gasteiger partial charge is 0.296 e. The van der Waals surface area contributed by atoms with Crippen LogP contribution in [0, 0.1) is 15.9 Å². The maximum atomic E-state index is 13.3. The van der Waals surface area contributed by atoms with Gasteiger partial charge in [-0.05, 0) is 22.0 Å². The lowest BCUT2D eigenvalue weighted by Gasteiger charge is -2.35. The van der Waals surface area contributed by atoms with Crippen LogP contribution in [0.2, 0.25) is 0 Å². The molecule has 0 spiro atoms. The highest BCUT2D eigenvalue weighted by Gasteiger charge is 2.27. The third-order valence-electron chi connectivity index (χ3n) is 3.27. The molecule has 1 aliphatic heterocycles. The third-order valence-corrected chi connectivity index (χ3v) is 3.88. The van der Waals surface area contributed by atoms with Gasteiger partial charge in [-0.2, -0.15) is 0 Å². The topological polar surface area (TPSA) is 92.7 Å². The molecule has 2 rings (SSSR count). The van der Waals surface area contributed by atoms with E-state index in [1.165, 1.54) is 6.07 Å². The number of amides is 1. The summed E-state index contributed by atoms with van der Waals surface area (Å²) in [7, 11) is 0. The molecule has 1 heterocycles. The summed E-state index contributed by atoms with van der Waals surface area (Å²) in [6.07, 6.45) is 0. The van der Waals surface area contributed by atoms with Crippen LogP contribution in [-0.2, 0) is 4.79 Å². The number of benzene rings is 1. The number of nitrogens with zero attached hydrogens (tertiary/aromatic N) is 3. The van der Waals surface area contributed by atoms with E-state index in [9.17, 15) is 19.3 Å². The normalized spacial score (nSPS) is 16.0. The van der Waals surface area contributed by atoms with Crippen LogP contribution in [0.25, 0.3) is 0 Å². The van der Waals surface area contributed by atoms with Crippen molar-refractivity contribution < 1.29 is 14.1 Å². The van der Waals surface area contributed by atoms with Gasteiger partial charge in [0.15, 0.2) is 0 Å². The van der Waals surface area contributed by atoms with Crippen molar-refractivity contribution in [3.8, 4) is 0 Å². The van der Waals surface area contributed by atoms with E-state index >= 15 is 0 Å². The average molecular weight is 361 g/mol. The summed E-state index contributed by atoms with van der Waals surface area (Å²) in [6, 6.07) is 2.12. The van der Waals surface area contributed by atoms with Gasteiger partial charge < -0.3 is 10.6 Å². The molecule has 7 nitrogen and oxygen atoms in total. The van der Waals surface area contributed by atoms with Gasteiger partial charge in [0.25, 0.3) is 5.69 Å². The highest BCUT2D eigenvalue weighted by molar-refractivity contribution is 9.10. The first-order valence-corrected chi connectivity index (χ1v) is 7.07. The average Bonchev–Trinajstić information content (AvgIpc) is 2.38. The molecule has 0 aliphatic carbocycles. The summed E-state index contributed by atoms with van der Waals surface area (Å²) < 4.78 is 13.7. The summed E-state index contributed by atoms with van der Waals surface area (Å²) in [5.41, 5.74) is 5.23. The first kappa shape index (κ1) is 15.6. The number of anilines is 1. The van der Waals surface area contributed by atoms with E-state index in [1.807, 2.05) is 4.90 Å². The van der Waals surface area contributed by atoms with Gasteiger partial charge in [0.05, 0.1) is 22.0 Å².